The number of aromatic nitrogens is 3. The van der Waals surface area contributed by atoms with Crippen molar-refractivity contribution in [1.82, 2.24) is 24.8 Å². The number of hydrogen-bond acceptors (Lipinski definition) is 6. The Hall–Kier alpha value is -2.97. The molecule has 0 bridgehead atoms. The summed E-state index contributed by atoms with van der Waals surface area (Å²) >= 11 is 0. The number of benzene rings is 1. The molecular weight excluding hydrogens is 430 g/mol. The number of carbonyl (C=O) groups excluding carboxylic acids is 1. The van der Waals surface area contributed by atoms with E-state index in [1.807, 2.05) is 45.2 Å². The van der Waals surface area contributed by atoms with Gasteiger partial charge in [0.1, 0.15) is 5.82 Å². The van der Waals surface area contributed by atoms with Gasteiger partial charge in [0.05, 0.1) is 23.7 Å². The van der Waals surface area contributed by atoms with Crippen molar-refractivity contribution in [2.75, 3.05) is 19.6 Å². The average molecular weight is 466 g/mol. The molecule has 8 nitrogen and oxygen atoms in total. The molecule has 3 heterocycles. The van der Waals surface area contributed by atoms with Gasteiger partial charge in [0.15, 0.2) is 0 Å². The lowest BCUT2D eigenvalue weighted by Gasteiger charge is -2.24. The van der Waals surface area contributed by atoms with Gasteiger partial charge in [-0.05, 0) is 76.4 Å². The minimum atomic E-state index is -0.252. The molecular formula is C26H35N5O3. The zero-order valence-corrected chi connectivity index (χ0v) is 20.6. The van der Waals surface area contributed by atoms with Gasteiger partial charge in [0.2, 0.25) is 0 Å². The number of carbonyl (C=O) groups is 1. The van der Waals surface area contributed by atoms with E-state index < -0.39 is 0 Å². The highest BCUT2D eigenvalue weighted by atomic mass is 16.5. The van der Waals surface area contributed by atoms with Gasteiger partial charge in [-0.2, -0.15) is 0 Å². The summed E-state index contributed by atoms with van der Waals surface area (Å²) in [5.41, 5.74) is 4.72. The van der Waals surface area contributed by atoms with Crippen molar-refractivity contribution in [2.45, 2.75) is 52.8 Å². The van der Waals surface area contributed by atoms with Crippen LogP contribution in [0, 0.1) is 12.8 Å². The van der Waals surface area contributed by atoms with Gasteiger partial charge in [0, 0.05) is 37.5 Å². The molecule has 1 aliphatic heterocycles. The van der Waals surface area contributed by atoms with E-state index in [1.54, 1.807) is 11.6 Å². The molecule has 0 spiro atoms. The van der Waals surface area contributed by atoms with E-state index in [9.17, 15) is 9.59 Å². The maximum atomic E-state index is 12.3. The molecule has 4 rings (SSSR count). The Morgan fingerprint density at radius 1 is 1.32 bits per heavy atom. The first-order valence-corrected chi connectivity index (χ1v) is 12.1. The van der Waals surface area contributed by atoms with Gasteiger partial charge in [-0.15, -0.1) is 0 Å². The maximum absolute atomic E-state index is 12.3. The van der Waals surface area contributed by atoms with Crippen molar-refractivity contribution in [1.29, 1.82) is 0 Å². The molecule has 1 unspecified atom stereocenters. The van der Waals surface area contributed by atoms with Crippen LogP contribution in [0.1, 0.15) is 37.8 Å². The molecule has 0 amide bonds. The fourth-order valence-corrected chi connectivity index (χ4v) is 4.63. The van der Waals surface area contributed by atoms with Crippen LogP contribution in [-0.2, 0) is 29.7 Å². The van der Waals surface area contributed by atoms with Crippen LogP contribution in [-0.4, -0.2) is 45.8 Å². The predicted octanol–water partition coefficient (Wildman–Crippen LogP) is 2.75. The van der Waals surface area contributed by atoms with Gasteiger partial charge in [0.25, 0.3) is 5.56 Å². The standard InChI is InChI=1S/C26H35N5O3/c1-17(2)34-24(32)14-28-12-19-7-8-22-23(11-19)31(15-20-6-5-9-27-13-20)25(29-22)21-10-18(3)26(33)30(4)16-21/h7-8,10-11,16-17,20,27-28H,5-6,9,12-15H2,1-4H3. The van der Waals surface area contributed by atoms with Crippen molar-refractivity contribution >= 4 is 17.0 Å². The molecule has 182 valence electrons. The summed E-state index contributed by atoms with van der Waals surface area (Å²) in [7, 11) is 1.78. The Morgan fingerprint density at radius 3 is 2.85 bits per heavy atom. The summed E-state index contributed by atoms with van der Waals surface area (Å²) in [5, 5.41) is 6.69. The summed E-state index contributed by atoms with van der Waals surface area (Å²) in [6.45, 7) is 9.19. The monoisotopic (exact) mass is 465 g/mol. The van der Waals surface area contributed by atoms with Gasteiger partial charge in [-0.1, -0.05) is 6.07 Å². The fraction of sp³-hybridized carbons (Fsp3) is 0.500. The van der Waals surface area contributed by atoms with Crippen molar-refractivity contribution < 1.29 is 9.53 Å². The largest absolute Gasteiger partial charge is 0.462 e. The Morgan fingerprint density at radius 2 is 2.15 bits per heavy atom. The number of nitrogens with zero attached hydrogens (tertiary/aromatic N) is 3. The second kappa shape index (κ2) is 10.5. The third-order valence-electron chi connectivity index (χ3n) is 6.24. The minimum Gasteiger partial charge on any atom is -0.462 e. The number of pyridine rings is 1. The van der Waals surface area contributed by atoms with Crippen LogP contribution in [0.2, 0.25) is 0 Å². The maximum Gasteiger partial charge on any atom is 0.320 e. The minimum absolute atomic E-state index is 0.00671. The number of imidazole rings is 1. The Labute approximate surface area is 200 Å². The zero-order valence-electron chi connectivity index (χ0n) is 20.6. The van der Waals surface area contributed by atoms with E-state index in [-0.39, 0.29) is 24.2 Å². The number of aryl methyl sites for hydroxylation is 2. The molecule has 3 aromatic rings. The number of fused-ring (bicyclic) bond motifs is 1. The SMILES string of the molecule is Cc1cc(-c2nc3ccc(CNCC(=O)OC(C)C)cc3n2CC2CCCNC2)cn(C)c1=O. The van der Waals surface area contributed by atoms with E-state index in [0.29, 0.717) is 18.0 Å². The first kappa shape index (κ1) is 24.2. The summed E-state index contributed by atoms with van der Waals surface area (Å²) < 4.78 is 9.12. The molecule has 1 aliphatic rings. The smallest absolute Gasteiger partial charge is 0.320 e. The molecule has 1 aromatic carbocycles. The van der Waals surface area contributed by atoms with E-state index in [4.69, 9.17) is 9.72 Å². The lowest BCUT2D eigenvalue weighted by molar-refractivity contribution is -0.146. The Bertz CT molecular complexity index is 1190. The van der Waals surface area contributed by atoms with Crippen LogP contribution >= 0.6 is 0 Å². The lowest BCUT2D eigenvalue weighted by atomic mass is 9.99. The third-order valence-corrected chi connectivity index (χ3v) is 6.24. The van der Waals surface area contributed by atoms with Crippen LogP contribution in [0.3, 0.4) is 0 Å². The molecule has 34 heavy (non-hydrogen) atoms. The molecule has 2 aromatic heterocycles. The van der Waals surface area contributed by atoms with Crippen molar-refractivity contribution in [2.24, 2.45) is 13.0 Å². The first-order valence-electron chi connectivity index (χ1n) is 12.1. The van der Waals surface area contributed by atoms with E-state index in [2.05, 4.69) is 21.3 Å². The molecule has 1 fully saturated rings. The fourth-order valence-electron chi connectivity index (χ4n) is 4.63. The molecule has 0 aliphatic carbocycles. The number of rotatable bonds is 8. The summed E-state index contributed by atoms with van der Waals surface area (Å²) in [6.07, 6.45) is 4.11. The zero-order chi connectivity index (χ0) is 24.2. The summed E-state index contributed by atoms with van der Waals surface area (Å²) in [6, 6.07) is 8.16. The van der Waals surface area contributed by atoms with E-state index in [0.717, 1.165) is 47.6 Å². The van der Waals surface area contributed by atoms with Crippen LogP contribution in [0.4, 0.5) is 0 Å². The number of hydrogen-bond donors (Lipinski definition) is 2. The van der Waals surface area contributed by atoms with Gasteiger partial charge >= 0.3 is 5.97 Å². The van der Waals surface area contributed by atoms with Crippen molar-refractivity contribution in [3.8, 4) is 11.4 Å². The molecule has 0 radical (unpaired) electrons. The lowest BCUT2D eigenvalue weighted by Crippen LogP contribution is -2.32. The number of esters is 1. The molecule has 0 saturated carbocycles. The first-order chi connectivity index (χ1) is 16.3. The highest BCUT2D eigenvalue weighted by molar-refractivity contribution is 5.81. The number of nitrogens with one attached hydrogen (secondary N) is 2. The second-order valence-corrected chi connectivity index (χ2v) is 9.55. The van der Waals surface area contributed by atoms with Crippen molar-refractivity contribution in [3.63, 3.8) is 0 Å². The van der Waals surface area contributed by atoms with Gasteiger partial charge in [-0.3, -0.25) is 9.59 Å². The highest BCUT2D eigenvalue weighted by Gasteiger charge is 2.20. The normalized spacial score (nSPS) is 16.3. The van der Waals surface area contributed by atoms with E-state index in [1.165, 1.54) is 12.8 Å². The molecule has 2 N–H and O–H groups in total. The van der Waals surface area contributed by atoms with E-state index >= 15 is 0 Å². The molecule has 1 saturated heterocycles. The van der Waals surface area contributed by atoms with Crippen LogP contribution in [0.5, 0.6) is 0 Å². The van der Waals surface area contributed by atoms with Crippen LogP contribution < -0.4 is 16.2 Å². The Balaban J connectivity index is 1.66. The van der Waals surface area contributed by atoms with Crippen molar-refractivity contribution in [3.05, 3.63) is 51.9 Å². The number of piperidine rings is 1. The highest BCUT2D eigenvalue weighted by Crippen LogP contribution is 2.28. The predicted molar refractivity (Wildman–Crippen MR) is 134 cm³/mol. The summed E-state index contributed by atoms with van der Waals surface area (Å²) in [4.78, 5) is 29.1. The average Bonchev–Trinajstić information content (AvgIpc) is 3.15. The van der Waals surface area contributed by atoms with Gasteiger partial charge < -0.3 is 24.5 Å². The summed E-state index contributed by atoms with van der Waals surface area (Å²) in [5.74, 6) is 1.15. The number of ether oxygens (including phenoxy) is 1. The van der Waals surface area contributed by atoms with Crippen LogP contribution in [0.15, 0.2) is 35.3 Å². The van der Waals surface area contributed by atoms with Crippen LogP contribution in [0.25, 0.3) is 22.4 Å². The Kier molecular flexibility index (Phi) is 7.48. The topological polar surface area (TPSA) is 90.2 Å². The molecule has 8 heteroatoms. The quantitative estimate of drug-likeness (QED) is 0.497. The molecule has 1 atom stereocenters. The van der Waals surface area contributed by atoms with Gasteiger partial charge in [-0.25, -0.2) is 4.98 Å². The third kappa shape index (κ3) is 5.56. The second-order valence-electron chi connectivity index (χ2n) is 9.55.